The van der Waals surface area contributed by atoms with Crippen LogP contribution in [0.5, 0.6) is 0 Å². The van der Waals surface area contributed by atoms with Gasteiger partial charge >= 0.3 is 41.3 Å². The molecule has 0 heterocycles. The summed E-state index contributed by atoms with van der Waals surface area (Å²) < 4.78 is 0. The Balaban J connectivity index is 0. The van der Waals surface area contributed by atoms with Crippen molar-refractivity contribution in [1.82, 2.24) is 0 Å². The summed E-state index contributed by atoms with van der Waals surface area (Å²) in [6, 6.07) is 0. The fourth-order valence-corrected chi connectivity index (χ4v) is 0. The zero-order valence-corrected chi connectivity index (χ0v) is 7.41. The molecule has 0 radical (unpaired) electrons. The number of rotatable bonds is 0. The van der Waals surface area contributed by atoms with Crippen molar-refractivity contribution >= 4 is 9.05 Å². The molecule has 0 N–H and O–H groups in total. The van der Waals surface area contributed by atoms with Crippen molar-refractivity contribution in [3.05, 3.63) is 0 Å². The summed E-state index contributed by atoms with van der Waals surface area (Å²) in [5.74, 6) is 0. The van der Waals surface area contributed by atoms with Crippen LogP contribution in [-0.4, -0.2) is 9.05 Å². The quantitative estimate of drug-likeness (QED) is 0.391. The molecule has 0 saturated carbocycles. The van der Waals surface area contributed by atoms with Crippen LogP contribution >= 0.6 is 0 Å². The molecule has 0 amide bonds. The summed E-state index contributed by atoms with van der Waals surface area (Å²) in [6.07, 6.45) is 0. The zero-order chi connectivity index (χ0) is 4.50. The van der Waals surface area contributed by atoms with Crippen molar-refractivity contribution in [3.63, 3.8) is 0 Å². The van der Waals surface area contributed by atoms with Crippen molar-refractivity contribution in [3.8, 4) is 0 Å². The smallest absolute Gasteiger partial charge is 0.894 e. The minimum atomic E-state index is -5.61. The van der Waals surface area contributed by atoms with E-state index in [9.17, 15) is 0 Å². The standard InChI is InChI=1S/O4Si.Pr/c1-5(2,3)4;/q-4;+4. The first-order valence-electron chi connectivity index (χ1n) is 0.816. The second-order valence-electron chi connectivity index (χ2n) is 0.500. The Kier molecular flexibility index (Phi) is 5.94. The van der Waals surface area contributed by atoms with Crippen molar-refractivity contribution in [2.45, 2.75) is 0 Å². The van der Waals surface area contributed by atoms with Gasteiger partial charge in [0.05, 0.1) is 0 Å². The van der Waals surface area contributed by atoms with Gasteiger partial charge in [0.25, 0.3) is 0 Å². The molecule has 0 aromatic heterocycles. The largest absolute Gasteiger partial charge is 4.00 e. The van der Waals surface area contributed by atoms with Gasteiger partial charge in [-0.05, 0) is 0 Å². The third-order valence-electron chi connectivity index (χ3n) is 0. The molecular formula is O4PrSi. The number of hydrogen-bond acceptors (Lipinski definition) is 4. The minimum Gasteiger partial charge on any atom is -0.894 e. The fourth-order valence-electron chi connectivity index (χ4n) is 0. The van der Waals surface area contributed by atoms with Gasteiger partial charge < -0.3 is 28.2 Å². The van der Waals surface area contributed by atoms with Crippen molar-refractivity contribution in [2.24, 2.45) is 0 Å². The molecule has 6 heteroatoms. The van der Waals surface area contributed by atoms with Gasteiger partial charge in [-0.1, -0.05) is 0 Å². The second-order valence-corrected chi connectivity index (χ2v) is 1.50. The van der Waals surface area contributed by atoms with E-state index in [2.05, 4.69) is 0 Å². The summed E-state index contributed by atoms with van der Waals surface area (Å²) in [6.45, 7) is 0. The predicted molar refractivity (Wildman–Crippen MR) is 5.75 cm³/mol. The van der Waals surface area contributed by atoms with Crippen LogP contribution in [0.25, 0.3) is 0 Å². The van der Waals surface area contributed by atoms with E-state index < -0.39 is 9.05 Å². The average molecular weight is 233 g/mol. The molecule has 0 aliphatic rings. The Bertz CT molecular complexity index is 23.0. The summed E-state index contributed by atoms with van der Waals surface area (Å²) in [4.78, 5) is 34.3. The molecule has 0 atom stereocenters. The monoisotopic (exact) mass is 233 g/mol. The minimum absolute atomic E-state index is 0. The second kappa shape index (κ2) is 3.43. The summed E-state index contributed by atoms with van der Waals surface area (Å²) in [7, 11) is -5.61. The van der Waals surface area contributed by atoms with Crippen LogP contribution < -0.4 is 19.2 Å². The van der Waals surface area contributed by atoms with Gasteiger partial charge in [0, 0.05) is 0 Å². The zero-order valence-electron chi connectivity index (χ0n) is 2.71. The number of hydrogen-bond donors (Lipinski definition) is 0. The first-order chi connectivity index (χ1) is 2.00. The van der Waals surface area contributed by atoms with Gasteiger partial charge in [-0.15, -0.1) is 0 Å². The predicted octanol–water partition coefficient (Wildman–Crippen LogP) is -5.14. The topological polar surface area (TPSA) is 92.2 Å². The fraction of sp³-hybridized carbons (Fsp3) is 0. The Morgan fingerprint density at radius 1 is 0.833 bits per heavy atom. The van der Waals surface area contributed by atoms with Crippen LogP contribution in [0.15, 0.2) is 0 Å². The van der Waals surface area contributed by atoms with Gasteiger partial charge in [0.1, 0.15) is 0 Å². The average Bonchev–Trinajstić information content (AvgIpc) is 0.722. The SMILES string of the molecule is [O-][Si]([O-])([O-])[O-].[Pr+4]. The normalized spacial score (nSPS) is 10.0. The summed E-state index contributed by atoms with van der Waals surface area (Å²) in [5, 5.41) is 0. The van der Waals surface area contributed by atoms with E-state index in [1.54, 1.807) is 0 Å². The molecular weight excluding hydrogens is 233 g/mol. The van der Waals surface area contributed by atoms with E-state index in [4.69, 9.17) is 19.2 Å². The summed E-state index contributed by atoms with van der Waals surface area (Å²) >= 11 is 0. The molecule has 0 aliphatic carbocycles. The first-order valence-corrected chi connectivity index (χ1v) is 2.45. The van der Waals surface area contributed by atoms with Gasteiger partial charge in [-0.2, -0.15) is 0 Å². The third-order valence-corrected chi connectivity index (χ3v) is 0. The van der Waals surface area contributed by atoms with E-state index in [0.717, 1.165) is 0 Å². The maximum atomic E-state index is 8.58. The first kappa shape index (κ1) is 10.4. The Hall–Kier alpha value is 1.42. The van der Waals surface area contributed by atoms with Crippen LogP contribution in [0.2, 0.25) is 0 Å². The van der Waals surface area contributed by atoms with Crippen LogP contribution in [0.3, 0.4) is 0 Å². The molecule has 0 spiro atoms. The maximum Gasteiger partial charge on any atom is 4.00 e. The van der Waals surface area contributed by atoms with Crippen LogP contribution in [-0.2, 0) is 0 Å². The Morgan fingerprint density at radius 3 is 0.833 bits per heavy atom. The molecule has 31 valence electrons. The van der Waals surface area contributed by atoms with Crippen molar-refractivity contribution in [1.29, 1.82) is 0 Å². The van der Waals surface area contributed by atoms with E-state index in [1.807, 2.05) is 0 Å². The Labute approximate surface area is 68.9 Å². The Morgan fingerprint density at radius 2 is 0.833 bits per heavy atom. The van der Waals surface area contributed by atoms with Gasteiger partial charge in [-0.3, -0.25) is 0 Å². The van der Waals surface area contributed by atoms with Gasteiger partial charge in [0.15, 0.2) is 0 Å². The van der Waals surface area contributed by atoms with E-state index >= 15 is 0 Å². The van der Waals surface area contributed by atoms with Crippen molar-refractivity contribution in [2.75, 3.05) is 0 Å². The van der Waals surface area contributed by atoms with E-state index in [-0.39, 0.29) is 41.3 Å². The molecule has 0 aliphatic heterocycles. The molecule has 4 nitrogen and oxygen atoms in total. The molecule has 0 bridgehead atoms. The summed E-state index contributed by atoms with van der Waals surface area (Å²) in [5.41, 5.74) is 0. The van der Waals surface area contributed by atoms with Crippen LogP contribution in [0.4, 0.5) is 0 Å². The molecule has 6 heavy (non-hydrogen) atoms. The van der Waals surface area contributed by atoms with Crippen LogP contribution in [0.1, 0.15) is 0 Å². The van der Waals surface area contributed by atoms with Gasteiger partial charge in [0.2, 0.25) is 0 Å². The van der Waals surface area contributed by atoms with Gasteiger partial charge in [-0.25, -0.2) is 0 Å². The van der Waals surface area contributed by atoms with Crippen LogP contribution in [0, 0.1) is 41.3 Å². The molecule has 0 rings (SSSR count). The van der Waals surface area contributed by atoms with E-state index in [1.165, 1.54) is 0 Å². The maximum absolute atomic E-state index is 8.58. The molecule has 0 unspecified atom stereocenters. The van der Waals surface area contributed by atoms with Crippen molar-refractivity contribution < 1.29 is 60.5 Å². The third kappa shape index (κ3) is 52.5. The molecule has 0 fully saturated rings. The molecule has 0 saturated heterocycles. The molecule has 0 aromatic rings. The molecule has 0 aromatic carbocycles. The van der Waals surface area contributed by atoms with E-state index in [0.29, 0.717) is 0 Å².